The second-order valence-corrected chi connectivity index (χ2v) is 7.68. The van der Waals surface area contributed by atoms with E-state index >= 15 is 0 Å². The number of hydrogen-bond acceptors (Lipinski definition) is 3. The maximum Gasteiger partial charge on any atom is 0.248 e. The number of nitrogens with zero attached hydrogens (tertiary/aromatic N) is 1. The molecular weight excluding hydrogens is 372 g/mol. The van der Waals surface area contributed by atoms with Gasteiger partial charge in [-0.2, -0.15) is 5.26 Å². The Morgan fingerprint density at radius 1 is 1.14 bits per heavy atom. The van der Waals surface area contributed by atoms with Crippen molar-refractivity contribution in [1.82, 2.24) is 0 Å². The van der Waals surface area contributed by atoms with Gasteiger partial charge < -0.3 is 10.5 Å². The molecule has 0 bridgehead atoms. The molecule has 4 nitrogen and oxygen atoms in total. The molecule has 1 amide bonds. The highest BCUT2D eigenvalue weighted by atomic mass is 35.5. The minimum absolute atomic E-state index is 0.317. The summed E-state index contributed by atoms with van der Waals surface area (Å²) in [5, 5.41) is 9.22. The van der Waals surface area contributed by atoms with Gasteiger partial charge >= 0.3 is 0 Å². The number of amides is 1. The molecule has 2 aromatic carbocycles. The van der Waals surface area contributed by atoms with Gasteiger partial charge in [0.2, 0.25) is 5.91 Å². The van der Waals surface area contributed by atoms with Crippen molar-refractivity contribution in [2.24, 2.45) is 5.73 Å². The molecule has 0 spiro atoms. The SMILES string of the molecule is CC(C)c1ccc(C(N)=O)cc1.N#Cc1ccc(OC2CCCCC2)cc1Cl. The van der Waals surface area contributed by atoms with Crippen LogP contribution in [0.4, 0.5) is 0 Å². The number of benzene rings is 2. The van der Waals surface area contributed by atoms with Gasteiger partial charge in [-0.25, -0.2) is 0 Å². The van der Waals surface area contributed by atoms with Crippen LogP contribution < -0.4 is 10.5 Å². The highest BCUT2D eigenvalue weighted by Gasteiger charge is 2.15. The van der Waals surface area contributed by atoms with E-state index in [0.29, 0.717) is 28.2 Å². The molecule has 2 aromatic rings. The number of nitrogens with two attached hydrogens (primary N) is 1. The molecule has 5 heteroatoms. The van der Waals surface area contributed by atoms with E-state index in [9.17, 15) is 4.79 Å². The Kier molecular flexibility index (Phi) is 8.35. The van der Waals surface area contributed by atoms with Gasteiger partial charge in [0.25, 0.3) is 0 Å². The molecule has 0 heterocycles. The molecule has 1 fully saturated rings. The monoisotopic (exact) mass is 398 g/mol. The molecule has 1 aliphatic rings. The molecule has 0 aliphatic heterocycles. The molecular formula is C23H27ClN2O2. The van der Waals surface area contributed by atoms with Crippen molar-refractivity contribution in [2.75, 3.05) is 0 Å². The van der Waals surface area contributed by atoms with Gasteiger partial charge in [0, 0.05) is 11.6 Å². The van der Waals surface area contributed by atoms with E-state index in [1.165, 1.54) is 24.8 Å². The Bertz CT molecular complexity index is 819. The zero-order chi connectivity index (χ0) is 20.5. The fourth-order valence-electron chi connectivity index (χ4n) is 3.07. The summed E-state index contributed by atoms with van der Waals surface area (Å²) in [6.45, 7) is 4.22. The number of carbonyl (C=O) groups excluding carboxylic acids is 1. The minimum Gasteiger partial charge on any atom is -0.490 e. The average molecular weight is 399 g/mol. The van der Waals surface area contributed by atoms with Crippen LogP contribution in [0, 0.1) is 11.3 Å². The molecule has 148 valence electrons. The number of nitriles is 1. The Balaban J connectivity index is 0.000000209. The molecule has 0 saturated heterocycles. The largest absolute Gasteiger partial charge is 0.490 e. The number of primary amides is 1. The van der Waals surface area contributed by atoms with E-state index in [1.54, 1.807) is 24.3 Å². The summed E-state index contributed by atoms with van der Waals surface area (Å²) in [4.78, 5) is 10.7. The highest BCUT2D eigenvalue weighted by Crippen LogP contribution is 2.26. The van der Waals surface area contributed by atoms with Crippen LogP contribution in [0.15, 0.2) is 42.5 Å². The lowest BCUT2D eigenvalue weighted by molar-refractivity contribution is 0.1000. The zero-order valence-electron chi connectivity index (χ0n) is 16.5. The van der Waals surface area contributed by atoms with Crippen molar-refractivity contribution in [3.8, 4) is 11.8 Å². The first-order valence-electron chi connectivity index (χ1n) is 9.66. The van der Waals surface area contributed by atoms with E-state index in [0.717, 1.165) is 18.6 Å². The molecule has 1 saturated carbocycles. The van der Waals surface area contributed by atoms with Gasteiger partial charge in [-0.1, -0.05) is 44.0 Å². The third kappa shape index (κ3) is 6.58. The second kappa shape index (κ2) is 10.7. The number of rotatable bonds is 4. The first-order chi connectivity index (χ1) is 13.4. The summed E-state index contributed by atoms with van der Waals surface area (Å²) in [5.41, 5.74) is 7.39. The maximum atomic E-state index is 10.7. The van der Waals surface area contributed by atoms with Crippen LogP contribution in [-0.4, -0.2) is 12.0 Å². The predicted molar refractivity (Wildman–Crippen MR) is 113 cm³/mol. The standard InChI is InChI=1S/C13H14ClNO.C10H13NO/c14-13-8-12(7-6-10(13)9-15)16-11-4-2-1-3-5-11;1-7(2)8-3-5-9(6-4-8)10(11)12/h6-8,11H,1-5H2;3-7H,1-2H3,(H2,11,12). The van der Waals surface area contributed by atoms with Crippen LogP contribution in [0.3, 0.4) is 0 Å². The lowest BCUT2D eigenvalue weighted by Crippen LogP contribution is -2.19. The Morgan fingerprint density at radius 2 is 1.79 bits per heavy atom. The van der Waals surface area contributed by atoms with Crippen molar-refractivity contribution in [3.63, 3.8) is 0 Å². The van der Waals surface area contributed by atoms with Crippen LogP contribution in [0.1, 0.15) is 73.4 Å². The van der Waals surface area contributed by atoms with Crippen LogP contribution in [-0.2, 0) is 0 Å². The predicted octanol–water partition coefficient (Wildman–Crippen LogP) is 5.83. The topological polar surface area (TPSA) is 76.1 Å². The van der Waals surface area contributed by atoms with Crippen LogP contribution in [0.5, 0.6) is 5.75 Å². The van der Waals surface area contributed by atoms with E-state index in [4.69, 9.17) is 27.3 Å². The average Bonchev–Trinajstić information content (AvgIpc) is 2.69. The van der Waals surface area contributed by atoms with E-state index in [1.807, 2.05) is 24.3 Å². The first kappa shape index (κ1) is 21.8. The van der Waals surface area contributed by atoms with Gasteiger partial charge in [0.15, 0.2) is 0 Å². The van der Waals surface area contributed by atoms with E-state index < -0.39 is 0 Å². The first-order valence-corrected chi connectivity index (χ1v) is 10.0. The van der Waals surface area contributed by atoms with Crippen LogP contribution >= 0.6 is 11.6 Å². The molecule has 3 rings (SSSR count). The molecule has 2 N–H and O–H groups in total. The smallest absolute Gasteiger partial charge is 0.248 e. The van der Waals surface area contributed by atoms with Crippen molar-refractivity contribution in [2.45, 2.75) is 58.0 Å². The van der Waals surface area contributed by atoms with Crippen LogP contribution in [0.2, 0.25) is 5.02 Å². The van der Waals surface area contributed by atoms with Gasteiger partial charge in [-0.05, 0) is 61.4 Å². The van der Waals surface area contributed by atoms with Crippen molar-refractivity contribution < 1.29 is 9.53 Å². The minimum atomic E-state index is -0.370. The summed E-state index contributed by atoms with van der Waals surface area (Å²) in [6.07, 6.45) is 6.37. The normalized spacial score (nSPS) is 14.0. The van der Waals surface area contributed by atoms with Crippen molar-refractivity contribution >= 4 is 17.5 Å². The van der Waals surface area contributed by atoms with Gasteiger partial charge in [0.05, 0.1) is 16.7 Å². The Morgan fingerprint density at radius 3 is 2.29 bits per heavy atom. The van der Waals surface area contributed by atoms with Gasteiger partial charge in [-0.15, -0.1) is 0 Å². The van der Waals surface area contributed by atoms with Crippen LogP contribution in [0.25, 0.3) is 0 Å². The summed E-state index contributed by atoms with van der Waals surface area (Å²) < 4.78 is 5.84. The van der Waals surface area contributed by atoms with Crippen molar-refractivity contribution in [3.05, 3.63) is 64.2 Å². The third-order valence-corrected chi connectivity index (χ3v) is 5.09. The molecule has 0 aromatic heterocycles. The van der Waals surface area contributed by atoms with E-state index in [-0.39, 0.29) is 5.91 Å². The summed E-state index contributed by atoms with van der Waals surface area (Å²) in [7, 11) is 0. The second-order valence-electron chi connectivity index (χ2n) is 7.27. The fraction of sp³-hybridized carbons (Fsp3) is 0.391. The highest BCUT2D eigenvalue weighted by molar-refractivity contribution is 6.31. The number of ether oxygens (including phenoxy) is 1. The maximum absolute atomic E-state index is 10.7. The van der Waals surface area contributed by atoms with E-state index in [2.05, 4.69) is 13.8 Å². The quantitative estimate of drug-likeness (QED) is 0.703. The summed E-state index contributed by atoms with van der Waals surface area (Å²) in [6, 6.07) is 14.7. The summed E-state index contributed by atoms with van der Waals surface area (Å²) >= 11 is 5.94. The van der Waals surface area contributed by atoms with Crippen molar-refractivity contribution in [1.29, 1.82) is 5.26 Å². The Labute approximate surface area is 172 Å². The number of carbonyl (C=O) groups is 1. The fourth-order valence-corrected chi connectivity index (χ4v) is 3.28. The summed E-state index contributed by atoms with van der Waals surface area (Å²) in [5.74, 6) is 0.896. The molecule has 0 atom stereocenters. The molecule has 28 heavy (non-hydrogen) atoms. The molecule has 1 aliphatic carbocycles. The van der Waals surface area contributed by atoms with Gasteiger partial charge in [-0.3, -0.25) is 4.79 Å². The van der Waals surface area contributed by atoms with Gasteiger partial charge in [0.1, 0.15) is 11.8 Å². The lowest BCUT2D eigenvalue weighted by atomic mass is 9.98. The Hall–Kier alpha value is -2.51. The number of hydrogen-bond donors (Lipinski definition) is 1. The zero-order valence-corrected chi connectivity index (χ0v) is 17.2. The molecule has 0 unspecified atom stereocenters. The molecule has 0 radical (unpaired) electrons. The third-order valence-electron chi connectivity index (χ3n) is 4.78. The number of halogens is 1. The lowest BCUT2D eigenvalue weighted by Gasteiger charge is -2.23.